The number of likely N-dealkylation sites (tertiary alicyclic amines) is 1. The van der Waals surface area contributed by atoms with Crippen molar-refractivity contribution in [1.82, 2.24) is 20.0 Å². The number of hydrogen-bond acceptors (Lipinski definition) is 6. The van der Waals surface area contributed by atoms with Crippen LogP contribution in [0.2, 0.25) is 0 Å². The van der Waals surface area contributed by atoms with Gasteiger partial charge in [0.25, 0.3) is 0 Å². The minimum atomic E-state index is -0.586. The van der Waals surface area contributed by atoms with Crippen molar-refractivity contribution in [1.29, 1.82) is 0 Å². The third-order valence-corrected chi connectivity index (χ3v) is 6.15. The van der Waals surface area contributed by atoms with Crippen LogP contribution in [-0.2, 0) is 11.4 Å². The van der Waals surface area contributed by atoms with Gasteiger partial charge in [-0.05, 0) is 43.1 Å². The van der Waals surface area contributed by atoms with Crippen molar-refractivity contribution >= 4 is 16.9 Å². The van der Waals surface area contributed by atoms with Crippen LogP contribution in [0.15, 0.2) is 48.7 Å². The van der Waals surface area contributed by atoms with Gasteiger partial charge in [0.1, 0.15) is 5.52 Å². The summed E-state index contributed by atoms with van der Waals surface area (Å²) in [7, 11) is 0. The SMILES string of the molecule is NOC(=O)c1cccc2cn(-c3ccc(CN4CC5(CCCNC5)C4)cc3)nc12. The molecule has 1 spiro atoms. The van der Waals surface area contributed by atoms with Gasteiger partial charge in [-0.3, -0.25) is 4.90 Å². The number of hydrogen-bond donors (Lipinski definition) is 2. The van der Waals surface area contributed by atoms with Crippen LogP contribution in [-0.4, -0.2) is 46.8 Å². The number of nitrogens with zero attached hydrogens (tertiary/aromatic N) is 3. The largest absolute Gasteiger partial charge is 0.370 e. The number of carbonyl (C=O) groups excluding carboxylic acids is 1. The summed E-state index contributed by atoms with van der Waals surface area (Å²) < 4.78 is 1.79. The monoisotopic (exact) mass is 391 g/mol. The molecule has 3 heterocycles. The molecule has 2 saturated heterocycles. The molecule has 0 unspecified atom stereocenters. The number of aromatic nitrogens is 2. The molecular formula is C22H25N5O2. The molecule has 1 aromatic heterocycles. The second-order valence-corrected chi connectivity index (χ2v) is 8.31. The summed E-state index contributed by atoms with van der Waals surface area (Å²) in [5.41, 5.74) is 3.71. The minimum absolute atomic E-state index is 0.365. The Morgan fingerprint density at radius 2 is 2.03 bits per heavy atom. The third kappa shape index (κ3) is 3.42. The van der Waals surface area contributed by atoms with Crippen molar-refractivity contribution < 1.29 is 9.63 Å². The molecule has 5 rings (SSSR count). The second-order valence-electron chi connectivity index (χ2n) is 8.31. The molecule has 2 aliphatic rings. The fourth-order valence-electron chi connectivity index (χ4n) is 4.73. The summed E-state index contributed by atoms with van der Waals surface area (Å²) in [6, 6.07) is 13.8. The van der Waals surface area contributed by atoms with E-state index in [4.69, 9.17) is 5.90 Å². The van der Waals surface area contributed by atoms with Gasteiger partial charge >= 0.3 is 5.97 Å². The number of benzene rings is 2. The molecule has 0 radical (unpaired) electrons. The number of fused-ring (bicyclic) bond motifs is 1. The fraction of sp³-hybridized carbons (Fsp3) is 0.364. The standard InChI is InChI=1S/C22H25N5O2/c23-29-21(28)19-4-1-3-17-12-27(25-20(17)19)18-7-5-16(6-8-18)11-26-14-22(15-26)9-2-10-24-13-22/h1,3-8,12,24H,2,9-11,13-15,23H2. The average Bonchev–Trinajstić information content (AvgIpc) is 3.18. The van der Waals surface area contributed by atoms with Gasteiger partial charge in [-0.15, -0.1) is 0 Å². The lowest BCUT2D eigenvalue weighted by molar-refractivity contribution is -0.0229. The highest BCUT2D eigenvalue weighted by Gasteiger charge is 2.43. The zero-order chi connectivity index (χ0) is 19.8. The highest BCUT2D eigenvalue weighted by Crippen LogP contribution is 2.37. The first-order valence-corrected chi connectivity index (χ1v) is 10.1. The highest BCUT2D eigenvalue weighted by molar-refractivity contribution is 6.02. The van der Waals surface area contributed by atoms with Crippen molar-refractivity contribution in [2.24, 2.45) is 11.3 Å². The summed E-state index contributed by atoms with van der Waals surface area (Å²) in [4.78, 5) is 18.8. The maximum absolute atomic E-state index is 11.9. The molecule has 2 aromatic carbocycles. The predicted molar refractivity (Wildman–Crippen MR) is 110 cm³/mol. The second kappa shape index (κ2) is 7.26. The van der Waals surface area contributed by atoms with Crippen molar-refractivity contribution in [2.75, 3.05) is 26.2 Å². The molecule has 0 atom stereocenters. The number of rotatable bonds is 4. The Morgan fingerprint density at radius 1 is 1.21 bits per heavy atom. The zero-order valence-electron chi connectivity index (χ0n) is 16.3. The summed E-state index contributed by atoms with van der Waals surface area (Å²) in [6.45, 7) is 5.68. The molecule has 2 aliphatic heterocycles. The molecule has 29 heavy (non-hydrogen) atoms. The molecule has 150 valence electrons. The molecule has 7 nitrogen and oxygen atoms in total. The Morgan fingerprint density at radius 3 is 2.76 bits per heavy atom. The van der Waals surface area contributed by atoms with Crippen LogP contribution in [0.4, 0.5) is 0 Å². The maximum atomic E-state index is 11.9. The van der Waals surface area contributed by atoms with Crippen LogP contribution in [0.1, 0.15) is 28.8 Å². The van der Waals surface area contributed by atoms with E-state index in [0.717, 1.165) is 24.2 Å². The zero-order valence-corrected chi connectivity index (χ0v) is 16.3. The first-order valence-electron chi connectivity index (χ1n) is 10.1. The lowest BCUT2D eigenvalue weighted by Crippen LogP contribution is -2.61. The minimum Gasteiger partial charge on any atom is -0.370 e. The van der Waals surface area contributed by atoms with Crippen LogP contribution >= 0.6 is 0 Å². The quantitative estimate of drug-likeness (QED) is 0.664. The van der Waals surface area contributed by atoms with Crippen molar-refractivity contribution in [2.45, 2.75) is 19.4 Å². The van der Waals surface area contributed by atoms with E-state index in [2.05, 4.69) is 44.4 Å². The molecule has 3 N–H and O–H groups in total. The Kier molecular flexibility index (Phi) is 4.58. The summed E-state index contributed by atoms with van der Waals surface area (Å²) in [5, 5.41) is 8.98. The Balaban J connectivity index is 1.30. The van der Waals surface area contributed by atoms with Crippen LogP contribution in [0.3, 0.4) is 0 Å². The van der Waals surface area contributed by atoms with E-state index >= 15 is 0 Å². The molecule has 0 saturated carbocycles. The van der Waals surface area contributed by atoms with Gasteiger partial charge in [0.2, 0.25) is 0 Å². The maximum Gasteiger partial charge on any atom is 0.358 e. The lowest BCUT2D eigenvalue weighted by atomic mass is 9.74. The fourth-order valence-corrected chi connectivity index (χ4v) is 4.73. The van der Waals surface area contributed by atoms with E-state index in [-0.39, 0.29) is 0 Å². The number of piperidine rings is 1. The van der Waals surface area contributed by atoms with E-state index in [1.54, 1.807) is 16.8 Å². The first-order chi connectivity index (χ1) is 14.2. The van der Waals surface area contributed by atoms with E-state index < -0.39 is 5.97 Å². The topological polar surface area (TPSA) is 85.4 Å². The lowest BCUT2D eigenvalue weighted by Gasteiger charge is -2.52. The molecule has 7 heteroatoms. The van der Waals surface area contributed by atoms with Crippen molar-refractivity contribution in [3.05, 3.63) is 59.8 Å². The summed E-state index contributed by atoms with van der Waals surface area (Å²) in [6.07, 6.45) is 4.56. The highest BCUT2D eigenvalue weighted by atomic mass is 16.7. The smallest absolute Gasteiger partial charge is 0.358 e. The van der Waals surface area contributed by atoms with Crippen LogP contribution in [0, 0.1) is 5.41 Å². The van der Waals surface area contributed by atoms with Gasteiger partial charge < -0.3 is 10.2 Å². The number of carbonyl (C=O) groups is 1. The molecule has 0 amide bonds. The van der Waals surface area contributed by atoms with E-state index in [1.165, 1.54) is 38.0 Å². The van der Waals surface area contributed by atoms with Crippen LogP contribution < -0.4 is 11.2 Å². The molecule has 3 aromatic rings. The van der Waals surface area contributed by atoms with E-state index in [9.17, 15) is 4.79 Å². The molecule has 0 bridgehead atoms. The Hall–Kier alpha value is -2.74. The van der Waals surface area contributed by atoms with Crippen LogP contribution in [0.5, 0.6) is 0 Å². The van der Waals surface area contributed by atoms with Gasteiger partial charge in [-0.25, -0.2) is 9.48 Å². The molecule has 0 aliphatic carbocycles. The number of nitrogens with one attached hydrogen (secondary N) is 1. The third-order valence-electron chi connectivity index (χ3n) is 6.15. The summed E-state index contributed by atoms with van der Waals surface area (Å²) >= 11 is 0. The molecular weight excluding hydrogens is 366 g/mol. The Labute approximate surface area is 169 Å². The van der Waals surface area contributed by atoms with Gasteiger partial charge in [-0.1, -0.05) is 24.3 Å². The summed E-state index contributed by atoms with van der Waals surface area (Å²) in [5.74, 6) is 4.45. The van der Waals surface area contributed by atoms with Gasteiger partial charge in [-0.2, -0.15) is 11.0 Å². The molecule has 2 fully saturated rings. The number of nitrogens with two attached hydrogens (primary N) is 1. The van der Waals surface area contributed by atoms with E-state index in [1.807, 2.05) is 12.3 Å². The van der Waals surface area contributed by atoms with Crippen molar-refractivity contribution in [3.63, 3.8) is 0 Å². The van der Waals surface area contributed by atoms with Gasteiger partial charge in [0.15, 0.2) is 0 Å². The normalized spacial score (nSPS) is 18.7. The predicted octanol–water partition coefficient (Wildman–Crippen LogP) is 2.24. The van der Waals surface area contributed by atoms with Crippen LogP contribution in [0.25, 0.3) is 16.6 Å². The average molecular weight is 391 g/mol. The van der Waals surface area contributed by atoms with Gasteiger partial charge in [0, 0.05) is 43.2 Å². The van der Waals surface area contributed by atoms with Gasteiger partial charge in [0.05, 0.1) is 11.3 Å². The first kappa shape index (κ1) is 18.3. The van der Waals surface area contributed by atoms with Crippen molar-refractivity contribution in [3.8, 4) is 5.69 Å². The van der Waals surface area contributed by atoms with E-state index in [0.29, 0.717) is 16.5 Å². The Bertz CT molecular complexity index is 1030.